The molecule has 2 rings (SSSR count). The van der Waals surface area contributed by atoms with Crippen LogP contribution >= 0.6 is 11.3 Å². The SMILES string of the molecule is CO/N=C(\C(=O)NC1C(=O)N(S(=O)(=O)O)C1(C)C)c1csc(N)n1. The number of hydrogen-bond donors (Lipinski definition) is 3. The monoisotopic (exact) mass is 377 g/mol. The van der Waals surface area contributed by atoms with Gasteiger partial charge in [0.1, 0.15) is 18.8 Å². The maximum Gasteiger partial charge on any atom is 0.362 e. The molecule has 1 atom stereocenters. The second-order valence-electron chi connectivity index (χ2n) is 5.33. The van der Waals surface area contributed by atoms with E-state index in [2.05, 4.69) is 20.3 Å². The zero-order valence-corrected chi connectivity index (χ0v) is 14.5. The number of nitrogens with zero attached hydrogens (tertiary/aromatic N) is 3. The van der Waals surface area contributed by atoms with Crippen LogP contribution in [0.5, 0.6) is 0 Å². The first-order valence-corrected chi connectivity index (χ1v) is 8.73. The van der Waals surface area contributed by atoms with Gasteiger partial charge in [-0.05, 0) is 13.8 Å². The third kappa shape index (κ3) is 3.05. The Hall–Kier alpha value is -2.25. The fourth-order valence-corrected chi connectivity index (χ4v) is 3.88. The van der Waals surface area contributed by atoms with Crippen molar-refractivity contribution in [3.8, 4) is 0 Å². The van der Waals surface area contributed by atoms with Crippen molar-refractivity contribution in [3.05, 3.63) is 11.1 Å². The lowest BCUT2D eigenvalue weighted by Gasteiger charge is -2.50. The molecular formula is C11H15N5O6S2. The summed E-state index contributed by atoms with van der Waals surface area (Å²) in [7, 11) is -3.50. The quantitative estimate of drug-likeness (QED) is 0.254. The Morgan fingerprint density at radius 1 is 1.58 bits per heavy atom. The normalized spacial score (nSPS) is 20.5. The van der Waals surface area contributed by atoms with Crippen LogP contribution in [0.1, 0.15) is 19.5 Å². The first-order valence-electron chi connectivity index (χ1n) is 6.45. The van der Waals surface area contributed by atoms with Crippen molar-refractivity contribution in [1.29, 1.82) is 0 Å². The van der Waals surface area contributed by atoms with Gasteiger partial charge in [0.2, 0.25) is 0 Å². The molecule has 0 radical (unpaired) electrons. The molecule has 1 aromatic rings. The van der Waals surface area contributed by atoms with Crippen molar-refractivity contribution in [2.24, 2.45) is 5.16 Å². The summed E-state index contributed by atoms with van der Waals surface area (Å²) >= 11 is 1.08. The summed E-state index contributed by atoms with van der Waals surface area (Å²) in [6, 6.07) is -1.18. The van der Waals surface area contributed by atoms with Crippen molar-refractivity contribution in [2.75, 3.05) is 12.8 Å². The van der Waals surface area contributed by atoms with E-state index in [1.54, 1.807) is 0 Å². The summed E-state index contributed by atoms with van der Waals surface area (Å²) in [5.74, 6) is -1.77. The molecule has 0 saturated carbocycles. The van der Waals surface area contributed by atoms with Crippen LogP contribution in [0.4, 0.5) is 5.13 Å². The molecular weight excluding hydrogens is 362 g/mol. The van der Waals surface area contributed by atoms with Crippen LogP contribution in [0.15, 0.2) is 10.5 Å². The van der Waals surface area contributed by atoms with Crippen LogP contribution in [0, 0.1) is 0 Å². The maximum atomic E-state index is 12.4. The number of thiazole rings is 1. The average Bonchev–Trinajstić information content (AvgIpc) is 2.86. The lowest BCUT2D eigenvalue weighted by Crippen LogP contribution is -2.77. The predicted molar refractivity (Wildman–Crippen MR) is 84.5 cm³/mol. The van der Waals surface area contributed by atoms with Gasteiger partial charge in [0.25, 0.3) is 11.8 Å². The van der Waals surface area contributed by atoms with Gasteiger partial charge in [0.15, 0.2) is 10.8 Å². The van der Waals surface area contributed by atoms with Crippen molar-refractivity contribution >= 4 is 44.3 Å². The molecule has 1 aliphatic heterocycles. The fraction of sp³-hybridized carbons (Fsp3) is 0.455. The molecule has 1 aromatic heterocycles. The number of carbonyl (C=O) groups excluding carboxylic acids is 2. The second kappa shape index (κ2) is 5.99. The smallest absolute Gasteiger partial charge is 0.362 e. The van der Waals surface area contributed by atoms with Gasteiger partial charge < -0.3 is 15.9 Å². The minimum atomic E-state index is -4.72. The molecule has 2 heterocycles. The van der Waals surface area contributed by atoms with Gasteiger partial charge in [-0.1, -0.05) is 5.16 Å². The first-order chi connectivity index (χ1) is 11.0. The highest BCUT2D eigenvalue weighted by atomic mass is 32.2. The van der Waals surface area contributed by atoms with Gasteiger partial charge >= 0.3 is 10.3 Å². The summed E-state index contributed by atoms with van der Waals surface area (Å²) in [4.78, 5) is 32.8. The second-order valence-corrected chi connectivity index (χ2v) is 7.48. The predicted octanol–water partition coefficient (Wildman–Crippen LogP) is -1.02. The molecule has 1 unspecified atom stereocenters. The van der Waals surface area contributed by atoms with Gasteiger partial charge in [0, 0.05) is 5.38 Å². The van der Waals surface area contributed by atoms with E-state index in [1.165, 1.54) is 26.3 Å². The average molecular weight is 377 g/mol. The number of carbonyl (C=O) groups is 2. The fourth-order valence-electron chi connectivity index (χ4n) is 2.30. The zero-order valence-electron chi connectivity index (χ0n) is 12.9. The van der Waals surface area contributed by atoms with Crippen molar-refractivity contribution < 1.29 is 27.4 Å². The van der Waals surface area contributed by atoms with Crippen LogP contribution in [0.2, 0.25) is 0 Å². The number of aromatic nitrogens is 1. The number of β-lactam (4-membered cyclic amide) rings is 1. The Bertz CT molecular complexity index is 815. The van der Waals surface area contributed by atoms with E-state index in [0.717, 1.165) is 11.3 Å². The highest BCUT2D eigenvalue weighted by Crippen LogP contribution is 2.34. The lowest BCUT2D eigenvalue weighted by atomic mass is 9.85. The Morgan fingerprint density at radius 2 is 2.21 bits per heavy atom. The van der Waals surface area contributed by atoms with Crippen LogP contribution in [-0.4, -0.2) is 58.5 Å². The van der Waals surface area contributed by atoms with E-state index in [-0.39, 0.29) is 16.5 Å². The van der Waals surface area contributed by atoms with Gasteiger partial charge in [-0.15, -0.1) is 11.3 Å². The van der Waals surface area contributed by atoms with Gasteiger partial charge in [-0.25, -0.2) is 9.29 Å². The van der Waals surface area contributed by atoms with Gasteiger partial charge in [-0.2, -0.15) is 8.42 Å². The Labute approximate surface area is 141 Å². The minimum Gasteiger partial charge on any atom is -0.398 e. The number of rotatable bonds is 5. The molecule has 0 bridgehead atoms. The minimum absolute atomic E-state index is 0.146. The Balaban J connectivity index is 2.23. The highest BCUT2D eigenvalue weighted by molar-refractivity contribution is 7.84. The summed E-state index contributed by atoms with van der Waals surface area (Å²) < 4.78 is 31.8. The summed E-state index contributed by atoms with van der Waals surface area (Å²) in [6.07, 6.45) is 0. The number of oxime groups is 1. The van der Waals surface area contributed by atoms with E-state index in [1.807, 2.05) is 0 Å². The molecule has 2 amide bonds. The molecule has 1 fully saturated rings. The third-order valence-corrected chi connectivity index (χ3v) is 5.13. The summed E-state index contributed by atoms with van der Waals surface area (Å²) in [5, 5.41) is 7.60. The molecule has 132 valence electrons. The molecule has 1 saturated heterocycles. The van der Waals surface area contributed by atoms with Crippen molar-refractivity contribution in [2.45, 2.75) is 25.4 Å². The van der Waals surface area contributed by atoms with Crippen LogP contribution in [0.3, 0.4) is 0 Å². The number of amides is 2. The molecule has 0 aliphatic carbocycles. The maximum absolute atomic E-state index is 12.4. The van der Waals surface area contributed by atoms with E-state index in [0.29, 0.717) is 4.31 Å². The molecule has 0 aromatic carbocycles. The molecule has 11 nitrogen and oxygen atoms in total. The van der Waals surface area contributed by atoms with Crippen molar-refractivity contribution in [1.82, 2.24) is 14.6 Å². The Morgan fingerprint density at radius 3 is 2.62 bits per heavy atom. The topological polar surface area (TPSA) is 164 Å². The molecule has 0 spiro atoms. The number of hydrogen-bond acceptors (Lipinski definition) is 9. The standard InChI is InChI=1S/C11H15N5O6S2/c1-11(2)7(9(18)16(11)24(19,20)21)14-8(17)6(15-22-3)5-4-23-10(12)13-5/h4,7H,1-3H3,(H2,12,13)(H,14,17)(H,19,20,21)/b15-6-. The van der Waals surface area contributed by atoms with Crippen LogP contribution in [-0.2, 0) is 24.7 Å². The molecule has 13 heteroatoms. The number of anilines is 1. The third-order valence-electron chi connectivity index (χ3n) is 3.35. The van der Waals surface area contributed by atoms with Crippen molar-refractivity contribution in [3.63, 3.8) is 0 Å². The lowest BCUT2D eigenvalue weighted by molar-refractivity contribution is -0.151. The number of nitrogens with one attached hydrogen (secondary N) is 1. The number of nitrogens with two attached hydrogens (primary N) is 1. The summed E-state index contributed by atoms with van der Waals surface area (Å²) in [6.45, 7) is 2.75. The Kier molecular flexibility index (Phi) is 4.52. The summed E-state index contributed by atoms with van der Waals surface area (Å²) in [5.41, 5.74) is 4.08. The first kappa shape index (κ1) is 18.1. The van der Waals surface area contributed by atoms with Gasteiger partial charge in [0.05, 0.1) is 5.54 Å². The van der Waals surface area contributed by atoms with Crippen LogP contribution in [0.25, 0.3) is 0 Å². The van der Waals surface area contributed by atoms with Crippen LogP contribution < -0.4 is 11.1 Å². The van der Waals surface area contributed by atoms with E-state index in [9.17, 15) is 18.0 Å². The largest absolute Gasteiger partial charge is 0.398 e. The molecule has 4 N–H and O–H groups in total. The van der Waals surface area contributed by atoms with E-state index in [4.69, 9.17) is 10.3 Å². The van der Waals surface area contributed by atoms with Gasteiger partial charge in [-0.3, -0.25) is 14.1 Å². The van der Waals surface area contributed by atoms with E-state index < -0.39 is 33.7 Å². The zero-order chi connectivity index (χ0) is 18.3. The molecule has 24 heavy (non-hydrogen) atoms. The molecule has 1 aliphatic rings. The highest BCUT2D eigenvalue weighted by Gasteiger charge is 2.60. The number of nitrogen functional groups attached to an aromatic ring is 1. The van der Waals surface area contributed by atoms with E-state index >= 15 is 0 Å².